The number of hydrogen-bond donors (Lipinski definition) is 2. The number of rotatable bonds is 5. The normalized spacial score (nSPS) is 13.0. The van der Waals surface area contributed by atoms with Crippen molar-refractivity contribution in [3.8, 4) is 0 Å². The summed E-state index contributed by atoms with van der Waals surface area (Å²) in [5.74, 6) is -0.549. The number of benzene rings is 1. The number of pyridine rings is 1. The van der Waals surface area contributed by atoms with E-state index in [1.54, 1.807) is 27.0 Å². The maximum atomic E-state index is 12.4. The quantitative estimate of drug-likeness (QED) is 0.624. The van der Waals surface area contributed by atoms with Gasteiger partial charge in [0.2, 0.25) is 0 Å². The van der Waals surface area contributed by atoms with Crippen LogP contribution in [0.5, 0.6) is 0 Å². The summed E-state index contributed by atoms with van der Waals surface area (Å²) in [6.07, 6.45) is 2.61. The molecule has 7 heteroatoms. The Labute approximate surface area is 159 Å². The maximum Gasteiger partial charge on any atom is 0.408 e. The first-order valence-corrected chi connectivity index (χ1v) is 8.83. The molecule has 1 heterocycles. The Morgan fingerprint density at radius 3 is 2.56 bits per heavy atom. The predicted octanol–water partition coefficient (Wildman–Crippen LogP) is 3.23. The fourth-order valence-electron chi connectivity index (χ4n) is 2.44. The van der Waals surface area contributed by atoms with E-state index >= 15 is 0 Å². The highest BCUT2D eigenvalue weighted by Crippen LogP contribution is 2.14. The van der Waals surface area contributed by atoms with E-state index in [1.807, 2.05) is 44.2 Å². The van der Waals surface area contributed by atoms with E-state index < -0.39 is 23.6 Å². The lowest BCUT2D eigenvalue weighted by Crippen LogP contribution is -2.49. The van der Waals surface area contributed by atoms with Crippen molar-refractivity contribution in [2.45, 2.75) is 46.3 Å². The van der Waals surface area contributed by atoms with Gasteiger partial charge in [0.1, 0.15) is 11.6 Å². The summed E-state index contributed by atoms with van der Waals surface area (Å²) in [6, 6.07) is 8.77. The zero-order valence-electron chi connectivity index (χ0n) is 16.3. The third-order valence-corrected chi connectivity index (χ3v) is 3.66. The van der Waals surface area contributed by atoms with E-state index in [1.165, 1.54) is 6.21 Å². The molecule has 0 aliphatic heterocycles. The van der Waals surface area contributed by atoms with Crippen molar-refractivity contribution >= 4 is 29.1 Å². The summed E-state index contributed by atoms with van der Waals surface area (Å²) in [7, 11) is 0. The molecule has 1 unspecified atom stereocenters. The first-order valence-electron chi connectivity index (χ1n) is 8.83. The van der Waals surface area contributed by atoms with Crippen molar-refractivity contribution in [1.29, 1.82) is 0 Å². The summed E-state index contributed by atoms with van der Waals surface area (Å²) < 4.78 is 5.21. The second-order valence-electron chi connectivity index (χ2n) is 7.52. The molecule has 0 saturated heterocycles. The van der Waals surface area contributed by atoms with Crippen molar-refractivity contribution in [2.24, 2.45) is 11.0 Å². The molecule has 0 aliphatic carbocycles. The molecule has 0 fully saturated rings. The highest BCUT2D eigenvalue weighted by atomic mass is 16.6. The summed E-state index contributed by atoms with van der Waals surface area (Å²) >= 11 is 0. The molecule has 2 rings (SSSR count). The van der Waals surface area contributed by atoms with Crippen molar-refractivity contribution in [3.05, 3.63) is 42.1 Å². The number of aromatic nitrogens is 1. The van der Waals surface area contributed by atoms with E-state index in [2.05, 4.69) is 20.8 Å². The highest BCUT2D eigenvalue weighted by molar-refractivity contribution is 5.97. The van der Waals surface area contributed by atoms with E-state index in [0.717, 1.165) is 16.5 Å². The number of ether oxygens (including phenoxy) is 1. The van der Waals surface area contributed by atoms with Crippen LogP contribution in [0.1, 0.15) is 40.2 Å². The van der Waals surface area contributed by atoms with Crippen LogP contribution in [0.25, 0.3) is 10.9 Å². The van der Waals surface area contributed by atoms with Crippen molar-refractivity contribution in [3.63, 3.8) is 0 Å². The van der Waals surface area contributed by atoms with Crippen LogP contribution in [0.15, 0.2) is 41.6 Å². The topological polar surface area (TPSA) is 92.7 Å². The minimum absolute atomic E-state index is 0.132. The van der Waals surface area contributed by atoms with Crippen LogP contribution in [-0.4, -0.2) is 34.8 Å². The second-order valence-corrected chi connectivity index (χ2v) is 7.52. The number of carbonyl (C=O) groups excluding carboxylic acids is 2. The molecule has 7 nitrogen and oxygen atoms in total. The molecule has 2 aromatic rings. The number of hydrogen-bond acceptors (Lipinski definition) is 5. The van der Waals surface area contributed by atoms with Gasteiger partial charge < -0.3 is 10.1 Å². The van der Waals surface area contributed by atoms with Crippen molar-refractivity contribution < 1.29 is 14.3 Å². The minimum Gasteiger partial charge on any atom is -0.444 e. The Hall–Kier alpha value is -2.96. The Balaban J connectivity index is 2.05. The van der Waals surface area contributed by atoms with E-state index in [-0.39, 0.29) is 5.92 Å². The molecule has 27 heavy (non-hydrogen) atoms. The van der Waals surface area contributed by atoms with Crippen LogP contribution in [0, 0.1) is 5.92 Å². The monoisotopic (exact) mass is 370 g/mol. The number of carbonyl (C=O) groups is 2. The number of alkyl carbamates (subject to hydrolysis) is 1. The van der Waals surface area contributed by atoms with Gasteiger partial charge in [0.05, 0.1) is 11.7 Å². The standard InChI is InChI=1S/C20H26N4O3/c1-13(2)16(23-19(26)27-20(3,4)5)18(25)24-22-12-15-9-6-8-14-10-7-11-21-17(14)15/h6-13,16H,1-5H3,(H,23,26)(H,24,25)/b22-12+. The fourth-order valence-corrected chi connectivity index (χ4v) is 2.44. The van der Waals surface area contributed by atoms with Gasteiger partial charge in [-0.2, -0.15) is 5.10 Å². The van der Waals surface area contributed by atoms with Gasteiger partial charge in [-0.05, 0) is 32.8 Å². The molecular weight excluding hydrogens is 344 g/mol. The van der Waals surface area contributed by atoms with Crippen LogP contribution in [0.2, 0.25) is 0 Å². The molecule has 0 aliphatic rings. The smallest absolute Gasteiger partial charge is 0.408 e. The number of para-hydroxylation sites is 1. The lowest BCUT2D eigenvalue weighted by atomic mass is 10.0. The first-order chi connectivity index (χ1) is 12.7. The van der Waals surface area contributed by atoms with Gasteiger partial charge in [-0.15, -0.1) is 0 Å². The lowest BCUT2D eigenvalue weighted by molar-refractivity contribution is -0.124. The number of nitrogens with one attached hydrogen (secondary N) is 2. The minimum atomic E-state index is -0.761. The van der Waals surface area contributed by atoms with Crippen molar-refractivity contribution in [1.82, 2.24) is 15.7 Å². The first kappa shape index (κ1) is 20.4. The number of fused-ring (bicyclic) bond motifs is 1. The molecule has 1 aromatic heterocycles. The zero-order chi connectivity index (χ0) is 20.0. The molecule has 0 radical (unpaired) electrons. The third kappa shape index (κ3) is 6.06. The maximum absolute atomic E-state index is 12.4. The average molecular weight is 370 g/mol. The molecule has 2 N–H and O–H groups in total. The summed E-state index contributed by atoms with van der Waals surface area (Å²) in [5.41, 5.74) is 3.42. The molecule has 2 amide bonds. The third-order valence-electron chi connectivity index (χ3n) is 3.66. The second kappa shape index (κ2) is 8.62. The van der Waals surface area contributed by atoms with Crippen LogP contribution < -0.4 is 10.7 Å². The van der Waals surface area contributed by atoms with Crippen LogP contribution >= 0.6 is 0 Å². The average Bonchev–Trinajstić information content (AvgIpc) is 2.58. The van der Waals surface area contributed by atoms with Gasteiger partial charge in [0.15, 0.2) is 0 Å². The van der Waals surface area contributed by atoms with Gasteiger partial charge >= 0.3 is 6.09 Å². The summed E-state index contributed by atoms with van der Waals surface area (Å²) in [6.45, 7) is 8.96. The largest absolute Gasteiger partial charge is 0.444 e. The van der Waals surface area contributed by atoms with Crippen LogP contribution in [0.3, 0.4) is 0 Å². The van der Waals surface area contributed by atoms with Crippen molar-refractivity contribution in [2.75, 3.05) is 0 Å². The Morgan fingerprint density at radius 1 is 1.19 bits per heavy atom. The van der Waals surface area contributed by atoms with Gasteiger partial charge in [-0.3, -0.25) is 9.78 Å². The van der Waals surface area contributed by atoms with E-state index in [9.17, 15) is 9.59 Å². The molecule has 0 bridgehead atoms. The fraction of sp³-hybridized carbons (Fsp3) is 0.400. The SMILES string of the molecule is CC(C)C(NC(=O)OC(C)(C)C)C(=O)N/N=C/c1cccc2cccnc12. The highest BCUT2D eigenvalue weighted by Gasteiger charge is 2.26. The zero-order valence-corrected chi connectivity index (χ0v) is 16.3. The Kier molecular flexibility index (Phi) is 6.50. The van der Waals surface area contributed by atoms with Crippen LogP contribution in [0.4, 0.5) is 4.79 Å². The Bertz CT molecular complexity index is 835. The van der Waals surface area contributed by atoms with Crippen LogP contribution in [-0.2, 0) is 9.53 Å². The van der Waals surface area contributed by atoms with Gasteiger partial charge in [0, 0.05) is 17.1 Å². The number of hydrazone groups is 1. The predicted molar refractivity (Wildman–Crippen MR) is 105 cm³/mol. The Morgan fingerprint density at radius 2 is 1.89 bits per heavy atom. The molecule has 1 aromatic carbocycles. The lowest BCUT2D eigenvalue weighted by Gasteiger charge is -2.24. The number of amides is 2. The molecule has 1 atom stereocenters. The summed E-state index contributed by atoms with van der Waals surface area (Å²) in [5, 5.41) is 7.60. The van der Waals surface area contributed by atoms with E-state index in [0.29, 0.717) is 0 Å². The summed E-state index contributed by atoms with van der Waals surface area (Å²) in [4.78, 5) is 28.7. The van der Waals surface area contributed by atoms with E-state index in [4.69, 9.17) is 4.74 Å². The molecule has 0 spiro atoms. The molecule has 0 saturated carbocycles. The van der Waals surface area contributed by atoms with Gasteiger partial charge in [-0.1, -0.05) is 38.1 Å². The van der Waals surface area contributed by atoms with Gasteiger partial charge in [0.25, 0.3) is 5.91 Å². The van der Waals surface area contributed by atoms with Gasteiger partial charge in [-0.25, -0.2) is 10.2 Å². The number of nitrogens with zero attached hydrogens (tertiary/aromatic N) is 2. The molecular formula is C20H26N4O3. The molecule has 144 valence electrons.